The molecule has 0 aliphatic heterocycles. The van der Waals surface area contributed by atoms with Gasteiger partial charge in [-0.1, -0.05) is 5.16 Å². The number of nitro benzene ring substituents is 1. The normalized spacial score (nSPS) is 10.4. The van der Waals surface area contributed by atoms with Crippen LogP contribution in [0.4, 0.5) is 5.69 Å². The van der Waals surface area contributed by atoms with Crippen molar-refractivity contribution in [3.8, 4) is 23.0 Å². The van der Waals surface area contributed by atoms with Gasteiger partial charge < -0.3 is 14.0 Å². The second-order valence-corrected chi connectivity index (χ2v) is 5.21. The van der Waals surface area contributed by atoms with E-state index in [-0.39, 0.29) is 22.7 Å². The molecule has 0 aliphatic carbocycles. The van der Waals surface area contributed by atoms with Crippen LogP contribution in [0, 0.1) is 17.0 Å². The first-order chi connectivity index (χ1) is 12.5. The molecule has 1 heterocycles. The molecule has 0 saturated carbocycles. The summed E-state index contributed by atoms with van der Waals surface area (Å²) in [5.41, 5.74) is 0.685. The first-order valence-corrected chi connectivity index (χ1v) is 7.43. The smallest absolute Gasteiger partial charge is 0.343 e. The van der Waals surface area contributed by atoms with Gasteiger partial charge in [-0.05, 0) is 37.3 Å². The van der Waals surface area contributed by atoms with Crippen molar-refractivity contribution in [1.29, 1.82) is 0 Å². The van der Waals surface area contributed by atoms with Crippen molar-refractivity contribution in [1.82, 2.24) is 10.1 Å². The fourth-order valence-corrected chi connectivity index (χ4v) is 2.18. The van der Waals surface area contributed by atoms with E-state index in [0.29, 0.717) is 17.3 Å². The number of carbonyl (C=O) groups excluding carboxylic acids is 1. The highest BCUT2D eigenvalue weighted by molar-refractivity contribution is 5.91. The number of non-ortho nitro benzene ring substituents is 1. The van der Waals surface area contributed by atoms with E-state index in [0.717, 1.165) is 6.07 Å². The minimum Gasteiger partial charge on any atom is -0.493 e. The molecular weight excluding hydrogens is 342 g/mol. The van der Waals surface area contributed by atoms with Gasteiger partial charge in [-0.2, -0.15) is 4.98 Å². The molecule has 26 heavy (non-hydrogen) atoms. The topological polar surface area (TPSA) is 118 Å². The second kappa shape index (κ2) is 7.01. The predicted molar refractivity (Wildman–Crippen MR) is 89.1 cm³/mol. The van der Waals surface area contributed by atoms with Crippen LogP contribution in [0.2, 0.25) is 0 Å². The van der Waals surface area contributed by atoms with Crippen molar-refractivity contribution < 1.29 is 23.7 Å². The lowest BCUT2D eigenvalue weighted by Crippen LogP contribution is -2.09. The van der Waals surface area contributed by atoms with Gasteiger partial charge >= 0.3 is 5.97 Å². The summed E-state index contributed by atoms with van der Waals surface area (Å²) in [5.74, 6) is 0.325. The van der Waals surface area contributed by atoms with Crippen LogP contribution >= 0.6 is 0 Å². The summed E-state index contributed by atoms with van der Waals surface area (Å²) >= 11 is 0. The number of nitro groups is 1. The van der Waals surface area contributed by atoms with E-state index < -0.39 is 10.9 Å². The maximum absolute atomic E-state index is 12.3. The Labute approximate surface area is 147 Å². The lowest BCUT2D eigenvalue weighted by Gasteiger charge is -2.09. The van der Waals surface area contributed by atoms with Gasteiger partial charge in [-0.15, -0.1) is 0 Å². The van der Waals surface area contributed by atoms with Gasteiger partial charge in [0.05, 0.1) is 23.7 Å². The van der Waals surface area contributed by atoms with E-state index in [1.807, 2.05) is 0 Å². The molecule has 3 rings (SSSR count). The minimum atomic E-state index is -0.683. The predicted octanol–water partition coefficient (Wildman–Crippen LogP) is 3.18. The molecule has 3 aromatic rings. The van der Waals surface area contributed by atoms with Gasteiger partial charge in [0.15, 0.2) is 17.3 Å². The number of benzene rings is 2. The van der Waals surface area contributed by atoms with Crippen LogP contribution in [0.15, 0.2) is 47.0 Å². The zero-order valence-corrected chi connectivity index (χ0v) is 13.8. The van der Waals surface area contributed by atoms with Crippen molar-refractivity contribution in [2.45, 2.75) is 6.92 Å². The largest absolute Gasteiger partial charge is 0.493 e. The summed E-state index contributed by atoms with van der Waals surface area (Å²) in [6.07, 6.45) is 0. The van der Waals surface area contributed by atoms with Crippen molar-refractivity contribution >= 4 is 11.7 Å². The molecule has 0 aliphatic rings. The summed E-state index contributed by atoms with van der Waals surface area (Å²) in [6, 6.07) is 10.1. The number of aryl methyl sites for hydroxylation is 1. The summed E-state index contributed by atoms with van der Waals surface area (Å²) in [4.78, 5) is 26.7. The molecule has 0 amide bonds. The van der Waals surface area contributed by atoms with Gasteiger partial charge in [0.1, 0.15) is 0 Å². The second-order valence-electron chi connectivity index (χ2n) is 5.21. The van der Waals surface area contributed by atoms with E-state index in [9.17, 15) is 14.9 Å². The first kappa shape index (κ1) is 17.1. The van der Waals surface area contributed by atoms with Crippen molar-refractivity contribution in [2.24, 2.45) is 0 Å². The standard InChI is InChI=1S/C17H13N3O6/c1-10-18-16(26-19-10)11-3-5-12(6-4-11)17(21)25-15-9-13(20(22)23)7-8-14(15)24-2/h3-9H,1-2H3. The minimum absolute atomic E-state index is 0.0386. The molecule has 9 heteroatoms. The Morgan fingerprint density at radius 1 is 1.15 bits per heavy atom. The lowest BCUT2D eigenvalue weighted by molar-refractivity contribution is -0.384. The number of aromatic nitrogens is 2. The fraction of sp³-hybridized carbons (Fsp3) is 0.118. The van der Waals surface area contributed by atoms with Gasteiger partial charge in [0.25, 0.3) is 11.6 Å². The molecule has 0 fully saturated rings. The van der Waals surface area contributed by atoms with Crippen LogP contribution < -0.4 is 9.47 Å². The molecule has 0 radical (unpaired) electrons. The number of carbonyl (C=O) groups is 1. The van der Waals surface area contributed by atoms with Gasteiger partial charge in [-0.3, -0.25) is 10.1 Å². The van der Waals surface area contributed by atoms with E-state index >= 15 is 0 Å². The third-order valence-corrected chi connectivity index (χ3v) is 3.46. The average molecular weight is 355 g/mol. The Balaban J connectivity index is 1.82. The average Bonchev–Trinajstić information content (AvgIpc) is 3.08. The number of hydrogen-bond acceptors (Lipinski definition) is 8. The van der Waals surface area contributed by atoms with Crippen molar-refractivity contribution in [3.63, 3.8) is 0 Å². The third kappa shape index (κ3) is 3.51. The van der Waals surface area contributed by atoms with E-state index in [1.54, 1.807) is 19.1 Å². The van der Waals surface area contributed by atoms with Gasteiger partial charge in [-0.25, -0.2) is 4.79 Å². The molecule has 0 spiro atoms. The molecular formula is C17H13N3O6. The quantitative estimate of drug-likeness (QED) is 0.296. The Morgan fingerprint density at radius 3 is 2.46 bits per heavy atom. The van der Waals surface area contributed by atoms with Gasteiger partial charge in [0, 0.05) is 11.6 Å². The SMILES string of the molecule is COc1ccc([N+](=O)[O-])cc1OC(=O)c1ccc(-c2nc(C)no2)cc1. The molecule has 0 N–H and O–H groups in total. The zero-order chi connectivity index (χ0) is 18.7. The number of nitrogens with zero attached hydrogens (tertiary/aromatic N) is 3. The molecule has 2 aromatic carbocycles. The summed E-state index contributed by atoms with van der Waals surface area (Å²) in [7, 11) is 1.37. The van der Waals surface area contributed by atoms with E-state index in [2.05, 4.69) is 10.1 Å². The molecule has 0 unspecified atom stereocenters. The molecule has 9 nitrogen and oxygen atoms in total. The molecule has 0 saturated heterocycles. The van der Waals surface area contributed by atoms with Crippen LogP contribution in [-0.4, -0.2) is 28.1 Å². The molecule has 1 aromatic heterocycles. The Morgan fingerprint density at radius 2 is 1.88 bits per heavy atom. The summed E-state index contributed by atoms with van der Waals surface area (Å²) in [6.45, 7) is 1.70. The van der Waals surface area contributed by atoms with Crippen LogP contribution in [0.1, 0.15) is 16.2 Å². The highest BCUT2D eigenvalue weighted by Crippen LogP contribution is 2.31. The van der Waals surface area contributed by atoms with Crippen molar-refractivity contribution in [3.05, 3.63) is 64.0 Å². The van der Waals surface area contributed by atoms with E-state index in [1.165, 1.54) is 31.4 Å². The van der Waals surface area contributed by atoms with Crippen LogP contribution in [0.3, 0.4) is 0 Å². The fourth-order valence-electron chi connectivity index (χ4n) is 2.18. The highest BCUT2D eigenvalue weighted by Gasteiger charge is 2.17. The van der Waals surface area contributed by atoms with Crippen molar-refractivity contribution in [2.75, 3.05) is 7.11 Å². The van der Waals surface area contributed by atoms with Crippen LogP contribution in [-0.2, 0) is 0 Å². The monoisotopic (exact) mass is 355 g/mol. The Kier molecular flexibility index (Phi) is 4.61. The Hall–Kier alpha value is -3.75. The summed E-state index contributed by atoms with van der Waals surface area (Å²) < 4.78 is 15.4. The highest BCUT2D eigenvalue weighted by atomic mass is 16.6. The third-order valence-electron chi connectivity index (χ3n) is 3.46. The number of hydrogen-bond donors (Lipinski definition) is 0. The number of methoxy groups -OCH3 is 1. The zero-order valence-electron chi connectivity index (χ0n) is 13.8. The lowest BCUT2D eigenvalue weighted by atomic mass is 10.1. The van der Waals surface area contributed by atoms with E-state index in [4.69, 9.17) is 14.0 Å². The van der Waals surface area contributed by atoms with Crippen LogP contribution in [0.5, 0.6) is 11.5 Å². The molecule has 0 atom stereocenters. The molecule has 0 bridgehead atoms. The number of rotatable bonds is 5. The number of esters is 1. The first-order valence-electron chi connectivity index (χ1n) is 7.43. The number of ether oxygens (including phenoxy) is 2. The summed E-state index contributed by atoms with van der Waals surface area (Å²) in [5, 5.41) is 14.6. The van der Waals surface area contributed by atoms with Gasteiger partial charge in [0.2, 0.25) is 0 Å². The van der Waals surface area contributed by atoms with Crippen LogP contribution in [0.25, 0.3) is 11.5 Å². The maximum Gasteiger partial charge on any atom is 0.343 e. The molecule has 132 valence electrons. The maximum atomic E-state index is 12.3. The Bertz CT molecular complexity index is 965.